The maximum atomic E-state index is 13.6. The van der Waals surface area contributed by atoms with Gasteiger partial charge in [-0.15, -0.1) is 0 Å². The standard InChI is InChI=1S/C22H18ClF3N2O3S/c1-13(14-4-10-19(25)20(26)11-14)28(2)22(29)15-3-9-18(23)21(12-15)27-32(30,31)17-7-5-16(24)6-8-17/h3-13,27H,1-2H3. The first-order valence-electron chi connectivity index (χ1n) is 9.29. The molecule has 1 atom stereocenters. The van der Waals surface area contributed by atoms with Crippen LogP contribution in [0.4, 0.5) is 18.9 Å². The smallest absolute Gasteiger partial charge is 0.261 e. The van der Waals surface area contributed by atoms with Gasteiger partial charge in [-0.3, -0.25) is 9.52 Å². The Kier molecular flexibility index (Phi) is 6.80. The Bertz CT molecular complexity index is 1270. The van der Waals surface area contributed by atoms with Crippen molar-refractivity contribution in [2.24, 2.45) is 0 Å². The van der Waals surface area contributed by atoms with E-state index in [2.05, 4.69) is 4.72 Å². The van der Waals surface area contributed by atoms with Gasteiger partial charge in [0.1, 0.15) is 5.82 Å². The molecule has 0 saturated carbocycles. The van der Waals surface area contributed by atoms with Crippen molar-refractivity contribution >= 4 is 33.2 Å². The molecule has 0 spiro atoms. The molecule has 3 aromatic rings. The minimum atomic E-state index is -4.09. The van der Waals surface area contributed by atoms with Crippen molar-refractivity contribution in [3.63, 3.8) is 0 Å². The highest BCUT2D eigenvalue weighted by molar-refractivity contribution is 7.92. The van der Waals surface area contributed by atoms with Gasteiger partial charge in [0.25, 0.3) is 15.9 Å². The van der Waals surface area contributed by atoms with Crippen LogP contribution in [0.3, 0.4) is 0 Å². The molecule has 32 heavy (non-hydrogen) atoms. The normalized spacial score (nSPS) is 12.3. The van der Waals surface area contributed by atoms with Crippen LogP contribution in [-0.2, 0) is 10.0 Å². The Balaban J connectivity index is 1.86. The lowest BCUT2D eigenvalue weighted by atomic mass is 10.1. The van der Waals surface area contributed by atoms with Crippen molar-refractivity contribution in [3.8, 4) is 0 Å². The second-order valence-electron chi connectivity index (χ2n) is 7.02. The van der Waals surface area contributed by atoms with Crippen LogP contribution in [0.2, 0.25) is 5.02 Å². The Morgan fingerprint density at radius 3 is 2.25 bits per heavy atom. The Morgan fingerprint density at radius 1 is 0.969 bits per heavy atom. The third-order valence-electron chi connectivity index (χ3n) is 4.91. The number of anilines is 1. The van der Waals surface area contributed by atoms with Crippen LogP contribution < -0.4 is 4.72 Å². The third kappa shape index (κ3) is 5.05. The van der Waals surface area contributed by atoms with Crippen LogP contribution in [-0.4, -0.2) is 26.3 Å². The number of carbonyl (C=O) groups is 1. The molecule has 10 heteroatoms. The molecule has 0 aromatic heterocycles. The van der Waals surface area contributed by atoms with Gasteiger partial charge in [0, 0.05) is 12.6 Å². The maximum Gasteiger partial charge on any atom is 0.261 e. The van der Waals surface area contributed by atoms with Crippen LogP contribution in [0.15, 0.2) is 65.6 Å². The zero-order chi connectivity index (χ0) is 23.6. The van der Waals surface area contributed by atoms with E-state index in [1.807, 2.05) is 0 Å². The summed E-state index contributed by atoms with van der Waals surface area (Å²) >= 11 is 6.10. The molecule has 0 saturated heterocycles. The predicted octanol–water partition coefficient (Wildman–Crippen LogP) is 5.39. The Morgan fingerprint density at radius 2 is 1.62 bits per heavy atom. The number of hydrogen-bond acceptors (Lipinski definition) is 3. The predicted molar refractivity (Wildman–Crippen MR) is 116 cm³/mol. The van der Waals surface area contributed by atoms with E-state index >= 15 is 0 Å². The quantitative estimate of drug-likeness (QED) is 0.512. The number of nitrogens with one attached hydrogen (secondary N) is 1. The monoisotopic (exact) mass is 482 g/mol. The summed E-state index contributed by atoms with van der Waals surface area (Å²) in [6.45, 7) is 1.64. The lowest BCUT2D eigenvalue weighted by Gasteiger charge is -2.26. The van der Waals surface area contributed by atoms with Gasteiger partial charge in [-0.1, -0.05) is 17.7 Å². The van der Waals surface area contributed by atoms with Gasteiger partial charge in [0.15, 0.2) is 11.6 Å². The Hall–Kier alpha value is -3.04. The SMILES string of the molecule is CC(c1ccc(F)c(F)c1)N(C)C(=O)c1ccc(Cl)c(NS(=O)(=O)c2ccc(F)cc2)c1. The zero-order valence-corrected chi connectivity index (χ0v) is 18.5. The minimum absolute atomic E-state index is 0.0449. The van der Waals surface area contributed by atoms with E-state index < -0.39 is 39.4 Å². The first kappa shape index (κ1) is 23.6. The molecular formula is C22H18ClF3N2O3S. The summed E-state index contributed by atoms with van der Waals surface area (Å²) in [6, 6.07) is 11.0. The molecule has 1 amide bonds. The summed E-state index contributed by atoms with van der Waals surface area (Å²) in [5.74, 6) is -3.11. The highest BCUT2D eigenvalue weighted by atomic mass is 35.5. The number of hydrogen-bond donors (Lipinski definition) is 1. The summed E-state index contributed by atoms with van der Waals surface area (Å²) in [6.07, 6.45) is 0. The van der Waals surface area contributed by atoms with Crippen molar-refractivity contribution in [3.05, 3.63) is 94.3 Å². The van der Waals surface area contributed by atoms with Gasteiger partial charge in [0.05, 0.1) is 21.6 Å². The van der Waals surface area contributed by atoms with Crippen LogP contribution in [0.5, 0.6) is 0 Å². The van der Waals surface area contributed by atoms with E-state index in [1.165, 1.54) is 36.2 Å². The van der Waals surface area contributed by atoms with Gasteiger partial charge < -0.3 is 4.90 Å². The van der Waals surface area contributed by atoms with Gasteiger partial charge >= 0.3 is 0 Å². The molecule has 168 valence electrons. The van der Waals surface area contributed by atoms with Crippen molar-refractivity contribution in [1.82, 2.24) is 4.90 Å². The number of rotatable bonds is 6. The summed E-state index contributed by atoms with van der Waals surface area (Å²) in [5.41, 5.74) is 0.449. The summed E-state index contributed by atoms with van der Waals surface area (Å²) in [7, 11) is -2.61. The van der Waals surface area contributed by atoms with Crippen LogP contribution in [0, 0.1) is 17.5 Å². The molecule has 0 aliphatic rings. The number of carbonyl (C=O) groups excluding carboxylic acids is 1. The number of benzene rings is 3. The van der Waals surface area contributed by atoms with E-state index in [0.29, 0.717) is 5.56 Å². The number of amides is 1. The molecule has 5 nitrogen and oxygen atoms in total. The van der Waals surface area contributed by atoms with E-state index in [1.54, 1.807) is 6.92 Å². The molecule has 0 heterocycles. The molecule has 0 aliphatic heterocycles. The molecule has 0 aliphatic carbocycles. The lowest BCUT2D eigenvalue weighted by Crippen LogP contribution is -2.30. The first-order chi connectivity index (χ1) is 15.0. The van der Waals surface area contributed by atoms with E-state index in [4.69, 9.17) is 11.6 Å². The minimum Gasteiger partial charge on any atom is -0.335 e. The largest absolute Gasteiger partial charge is 0.335 e. The van der Waals surface area contributed by atoms with Gasteiger partial charge in [-0.25, -0.2) is 21.6 Å². The molecule has 0 fully saturated rings. The summed E-state index contributed by atoms with van der Waals surface area (Å²) in [5, 5.41) is 0.0449. The average Bonchev–Trinajstić information content (AvgIpc) is 2.75. The van der Waals surface area contributed by atoms with Crippen molar-refractivity contribution < 1.29 is 26.4 Å². The molecule has 3 rings (SSSR count). The van der Waals surface area contributed by atoms with E-state index in [9.17, 15) is 26.4 Å². The molecule has 1 N–H and O–H groups in total. The maximum absolute atomic E-state index is 13.6. The fraction of sp³-hybridized carbons (Fsp3) is 0.136. The lowest BCUT2D eigenvalue weighted by molar-refractivity contribution is 0.0742. The van der Waals surface area contributed by atoms with Crippen LogP contribution in [0.1, 0.15) is 28.9 Å². The second-order valence-corrected chi connectivity index (χ2v) is 9.11. The molecule has 1 unspecified atom stereocenters. The summed E-state index contributed by atoms with van der Waals surface area (Å²) < 4.78 is 67.3. The Labute approximate surface area is 188 Å². The van der Waals surface area contributed by atoms with E-state index in [-0.39, 0.29) is 21.2 Å². The molecule has 0 radical (unpaired) electrons. The highest BCUT2D eigenvalue weighted by Crippen LogP contribution is 2.28. The zero-order valence-electron chi connectivity index (χ0n) is 16.9. The van der Waals surface area contributed by atoms with E-state index in [0.717, 1.165) is 36.4 Å². The molecule has 0 bridgehead atoms. The highest BCUT2D eigenvalue weighted by Gasteiger charge is 2.22. The summed E-state index contributed by atoms with van der Waals surface area (Å²) in [4.78, 5) is 14.1. The van der Waals surface area contributed by atoms with Gasteiger partial charge in [-0.2, -0.15) is 0 Å². The second kappa shape index (κ2) is 9.22. The number of halogens is 4. The van der Waals surface area contributed by atoms with Gasteiger partial charge in [-0.05, 0) is 67.1 Å². The number of nitrogens with zero attached hydrogens (tertiary/aromatic N) is 1. The molecule has 3 aromatic carbocycles. The number of sulfonamides is 1. The third-order valence-corrected chi connectivity index (χ3v) is 6.62. The first-order valence-corrected chi connectivity index (χ1v) is 11.2. The fourth-order valence-electron chi connectivity index (χ4n) is 2.93. The topological polar surface area (TPSA) is 66.5 Å². The van der Waals surface area contributed by atoms with Crippen molar-refractivity contribution in [1.29, 1.82) is 0 Å². The fourth-order valence-corrected chi connectivity index (χ4v) is 4.22. The van der Waals surface area contributed by atoms with Gasteiger partial charge in [0.2, 0.25) is 0 Å². The van der Waals surface area contributed by atoms with Crippen molar-refractivity contribution in [2.75, 3.05) is 11.8 Å². The van der Waals surface area contributed by atoms with Crippen LogP contribution in [0.25, 0.3) is 0 Å². The van der Waals surface area contributed by atoms with Crippen molar-refractivity contribution in [2.45, 2.75) is 17.9 Å². The average molecular weight is 483 g/mol. The van der Waals surface area contributed by atoms with Crippen LogP contribution >= 0.6 is 11.6 Å². The molecular weight excluding hydrogens is 465 g/mol.